The monoisotopic (exact) mass is 250 g/mol. The van der Waals surface area contributed by atoms with E-state index in [0.29, 0.717) is 12.1 Å². The molecule has 0 saturated carbocycles. The highest BCUT2D eigenvalue weighted by molar-refractivity contribution is 5.52. The van der Waals surface area contributed by atoms with Crippen molar-refractivity contribution in [2.75, 3.05) is 11.9 Å². The molecule has 0 amide bonds. The van der Waals surface area contributed by atoms with Crippen LogP contribution in [0.4, 0.5) is 5.82 Å². The van der Waals surface area contributed by atoms with Crippen LogP contribution >= 0.6 is 0 Å². The van der Waals surface area contributed by atoms with Crippen molar-refractivity contribution in [2.24, 2.45) is 7.05 Å². The molecule has 102 valence electrons. The maximum absolute atomic E-state index is 4.61. The molecule has 0 bridgehead atoms. The quantitative estimate of drug-likeness (QED) is 0.889. The van der Waals surface area contributed by atoms with Crippen LogP contribution in [0.25, 0.3) is 0 Å². The topological polar surface area (TPSA) is 33.1 Å². The second-order valence-corrected chi connectivity index (χ2v) is 5.44. The van der Waals surface area contributed by atoms with Crippen molar-refractivity contribution in [3.05, 3.63) is 11.3 Å². The van der Waals surface area contributed by atoms with E-state index in [9.17, 15) is 0 Å². The summed E-state index contributed by atoms with van der Waals surface area (Å²) in [5.41, 5.74) is 2.50. The minimum Gasteiger partial charge on any atom is -0.351 e. The average Bonchev–Trinajstić information content (AvgIpc) is 2.81. The van der Waals surface area contributed by atoms with Gasteiger partial charge in [-0.15, -0.1) is 0 Å². The van der Waals surface area contributed by atoms with Gasteiger partial charge in [0, 0.05) is 31.2 Å². The minimum absolute atomic E-state index is 0.625. The zero-order chi connectivity index (χ0) is 13.3. The number of nitrogens with zero attached hydrogens (tertiary/aromatic N) is 3. The standard InChI is InChI=1S/C14H26N4/c1-6-12-8-7-10(2)18(12)14-13(9-15-4)11(3)16-17(14)5/h10,12,15H,6-9H2,1-5H3. The van der Waals surface area contributed by atoms with Gasteiger partial charge >= 0.3 is 0 Å². The fourth-order valence-electron chi connectivity index (χ4n) is 3.25. The van der Waals surface area contributed by atoms with Crippen LogP contribution < -0.4 is 10.2 Å². The second-order valence-electron chi connectivity index (χ2n) is 5.44. The molecular formula is C14H26N4. The lowest BCUT2D eigenvalue weighted by atomic mass is 10.1. The van der Waals surface area contributed by atoms with Crippen molar-refractivity contribution in [3.63, 3.8) is 0 Å². The maximum Gasteiger partial charge on any atom is 0.131 e. The molecule has 0 aromatic carbocycles. The van der Waals surface area contributed by atoms with Crippen LogP contribution in [0.3, 0.4) is 0 Å². The Morgan fingerprint density at radius 3 is 2.72 bits per heavy atom. The first-order valence-corrected chi connectivity index (χ1v) is 7.05. The fourth-order valence-corrected chi connectivity index (χ4v) is 3.25. The Bertz CT molecular complexity index is 410. The Morgan fingerprint density at radius 2 is 2.11 bits per heavy atom. The van der Waals surface area contributed by atoms with Gasteiger partial charge in [-0.1, -0.05) is 6.92 Å². The van der Waals surface area contributed by atoms with Crippen molar-refractivity contribution in [2.45, 2.75) is 58.7 Å². The van der Waals surface area contributed by atoms with Gasteiger partial charge < -0.3 is 10.2 Å². The third-order valence-corrected chi connectivity index (χ3v) is 4.17. The van der Waals surface area contributed by atoms with E-state index in [-0.39, 0.29) is 0 Å². The predicted octanol–water partition coefficient (Wildman–Crippen LogP) is 2.22. The molecule has 0 spiro atoms. The smallest absolute Gasteiger partial charge is 0.131 e. The van der Waals surface area contributed by atoms with Crippen LogP contribution in [-0.4, -0.2) is 28.9 Å². The molecule has 2 atom stereocenters. The van der Waals surface area contributed by atoms with Crippen molar-refractivity contribution in [3.8, 4) is 0 Å². The largest absolute Gasteiger partial charge is 0.351 e. The molecule has 2 unspecified atom stereocenters. The summed E-state index contributed by atoms with van der Waals surface area (Å²) >= 11 is 0. The Kier molecular flexibility index (Phi) is 3.95. The lowest BCUT2D eigenvalue weighted by Crippen LogP contribution is -2.36. The SMILES string of the molecule is CCC1CCC(C)N1c1c(CNC)c(C)nn1C. The van der Waals surface area contributed by atoms with Gasteiger partial charge in [-0.2, -0.15) is 5.10 Å². The zero-order valence-electron chi connectivity index (χ0n) is 12.3. The highest BCUT2D eigenvalue weighted by atomic mass is 15.4. The molecule has 4 nitrogen and oxygen atoms in total. The fraction of sp³-hybridized carbons (Fsp3) is 0.786. The number of aromatic nitrogens is 2. The summed E-state index contributed by atoms with van der Waals surface area (Å²) in [5.74, 6) is 1.32. The molecule has 4 heteroatoms. The lowest BCUT2D eigenvalue weighted by Gasteiger charge is -2.31. The summed E-state index contributed by atoms with van der Waals surface area (Å²) in [6.45, 7) is 7.63. The first-order chi connectivity index (χ1) is 8.60. The predicted molar refractivity (Wildman–Crippen MR) is 76.0 cm³/mol. The van der Waals surface area contributed by atoms with Crippen LogP contribution in [0, 0.1) is 6.92 Å². The normalized spacial score (nSPS) is 23.9. The molecule has 1 aliphatic rings. The van der Waals surface area contributed by atoms with E-state index in [2.05, 4.69) is 47.8 Å². The second kappa shape index (κ2) is 5.31. The van der Waals surface area contributed by atoms with Crippen LogP contribution in [0.1, 0.15) is 44.4 Å². The maximum atomic E-state index is 4.61. The molecule has 1 N–H and O–H groups in total. The van der Waals surface area contributed by atoms with Gasteiger partial charge in [-0.25, -0.2) is 0 Å². The van der Waals surface area contributed by atoms with Crippen LogP contribution in [0.2, 0.25) is 0 Å². The summed E-state index contributed by atoms with van der Waals surface area (Å²) in [6.07, 6.45) is 3.82. The Hall–Kier alpha value is -1.03. The van der Waals surface area contributed by atoms with E-state index in [1.54, 1.807) is 0 Å². The number of hydrogen-bond donors (Lipinski definition) is 1. The molecule has 18 heavy (non-hydrogen) atoms. The number of anilines is 1. The minimum atomic E-state index is 0.625. The van der Waals surface area contributed by atoms with Crippen molar-refractivity contribution >= 4 is 5.82 Å². The third kappa shape index (κ3) is 2.14. The molecule has 1 aliphatic heterocycles. The Morgan fingerprint density at radius 1 is 1.39 bits per heavy atom. The van der Waals surface area contributed by atoms with Gasteiger partial charge in [0.25, 0.3) is 0 Å². The van der Waals surface area contributed by atoms with E-state index in [1.165, 1.54) is 30.6 Å². The van der Waals surface area contributed by atoms with E-state index in [0.717, 1.165) is 12.2 Å². The number of rotatable bonds is 4. The highest BCUT2D eigenvalue weighted by Gasteiger charge is 2.33. The first-order valence-electron chi connectivity index (χ1n) is 7.05. The first kappa shape index (κ1) is 13.4. The number of aryl methyl sites for hydroxylation is 2. The molecule has 1 saturated heterocycles. The number of hydrogen-bond acceptors (Lipinski definition) is 3. The van der Waals surface area contributed by atoms with Crippen LogP contribution in [0.5, 0.6) is 0 Å². The summed E-state index contributed by atoms with van der Waals surface area (Å²) in [4.78, 5) is 2.59. The highest BCUT2D eigenvalue weighted by Crippen LogP contribution is 2.34. The molecule has 0 aliphatic carbocycles. The molecule has 2 rings (SSSR count). The van der Waals surface area contributed by atoms with Gasteiger partial charge in [0.1, 0.15) is 5.82 Å². The molecule has 2 heterocycles. The van der Waals surface area contributed by atoms with Gasteiger partial charge in [-0.05, 0) is 40.2 Å². The summed E-state index contributed by atoms with van der Waals surface area (Å²) in [6, 6.07) is 1.30. The van der Waals surface area contributed by atoms with E-state index in [1.807, 2.05) is 7.05 Å². The molecular weight excluding hydrogens is 224 g/mol. The van der Waals surface area contributed by atoms with Gasteiger partial charge in [0.05, 0.1) is 5.69 Å². The van der Waals surface area contributed by atoms with Gasteiger partial charge in [0.15, 0.2) is 0 Å². The van der Waals surface area contributed by atoms with E-state index in [4.69, 9.17) is 0 Å². The van der Waals surface area contributed by atoms with Gasteiger partial charge in [0.2, 0.25) is 0 Å². The Labute approximate surface area is 110 Å². The van der Waals surface area contributed by atoms with Crippen LogP contribution in [-0.2, 0) is 13.6 Å². The summed E-state index contributed by atoms with van der Waals surface area (Å²) < 4.78 is 2.06. The van der Waals surface area contributed by atoms with E-state index >= 15 is 0 Å². The average molecular weight is 250 g/mol. The summed E-state index contributed by atoms with van der Waals surface area (Å²) in [5, 5.41) is 7.88. The molecule has 1 fully saturated rings. The molecule has 1 aromatic rings. The molecule has 1 aromatic heterocycles. The van der Waals surface area contributed by atoms with Crippen molar-refractivity contribution in [1.82, 2.24) is 15.1 Å². The lowest BCUT2D eigenvalue weighted by molar-refractivity contribution is 0.594. The van der Waals surface area contributed by atoms with Crippen LogP contribution in [0.15, 0.2) is 0 Å². The summed E-state index contributed by atoms with van der Waals surface area (Å²) in [7, 11) is 4.07. The Balaban J connectivity index is 2.42. The van der Waals surface area contributed by atoms with E-state index < -0.39 is 0 Å². The van der Waals surface area contributed by atoms with Gasteiger partial charge in [-0.3, -0.25) is 4.68 Å². The molecule has 0 radical (unpaired) electrons. The zero-order valence-corrected chi connectivity index (χ0v) is 12.3. The number of nitrogens with one attached hydrogen (secondary N) is 1. The van der Waals surface area contributed by atoms with Crippen molar-refractivity contribution < 1.29 is 0 Å². The van der Waals surface area contributed by atoms with Crippen molar-refractivity contribution in [1.29, 1.82) is 0 Å². The third-order valence-electron chi connectivity index (χ3n) is 4.17.